The normalized spacial score (nSPS) is 11.8. The van der Waals surface area contributed by atoms with E-state index in [9.17, 15) is 18.0 Å². The number of halogens is 3. The molecule has 0 aliphatic carbocycles. The Hall–Kier alpha value is -4.07. The molecule has 0 saturated heterocycles. The third-order valence-electron chi connectivity index (χ3n) is 5.36. The Labute approximate surface area is 200 Å². The molecule has 2 heterocycles. The van der Waals surface area contributed by atoms with E-state index in [4.69, 9.17) is 9.47 Å². The van der Waals surface area contributed by atoms with Crippen molar-refractivity contribution in [1.29, 1.82) is 0 Å². The number of hydrogen-bond acceptors (Lipinski definition) is 4. The first kappa shape index (κ1) is 24.1. The zero-order valence-electron chi connectivity index (χ0n) is 19.2. The summed E-state index contributed by atoms with van der Waals surface area (Å²) >= 11 is 0. The number of aromatic nitrogens is 2. The third-order valence-corrected chi connectivity index (χ3v) is 5.36. The van der Waals surface area contributed by atoms with Crippen LogP contribution in [0.4, 0.5) is 13.2 Å². The van der Waals surface area contributed by atoms with Gasteiger partial charge in [-0.15, -0.1) is 0 Å². The summed E-state index contributed by atoms with van der Waals surface area (Å²) in [6.45, 7) is 2.49. The predicted molar refractivity (Wildman–Crippen MR) is 130 cm³/mol. The molecule has 0 bridgehead atoms. The summed E-state index contributed by atoms with van der Waals surface area (Å²) in [5.41, 5.74) is 0.806. The highest BCUT2D eigenvalue weighted by Gasteiger charge is 2.30. The topological polar surface area (TPSA) is 52.8 Å². The predicted octanol–water partition coefficient (Wildman–Crippen LogP) is 6.35. The van der Waals surface area contributed by atoms with E-state index >= 15 is 0 Å². The van der Waals surface area contributed by atoms with Crippen molar-refractivity contribution in [3.8, 4) is 22.6 Å². The van der Waals surface area contributed by atoms with Crippen LogP contribution >= 0.6 is 0 Å². The second-order valence-electron chi connectivity index (χ2n) is 7.74. The van der Waals surface area contributed by atoms with Crippen LogP contribution < -0.4 is 15.0 Å². The van der Waals surface area contributed by atoms with Crippen molar-refractivity contribution >= 4 is 17.8 Å². The Morgan fingerprint density at radius 2 is 1.77 bits per heavy atom. The van der Waals surface area contributed by atoms with Crippen LogP contribution in [0.25, 0.3) is 28.9 Å². The maximum atomic E-state index is 13.4. The van der Waals surface area contributed by atoms with Crippen molar-refractivity contribution in [2.24, 2.45) is 0 Å². The summed E-state index contributed by atoms with van der Waals surface area (Å²) in [4.78, 5) is 18.0. The third kappa shape index (κ3) is 5.06. The van der Waals surface area contributed by atoms with Crippen molar-refractivity contribution in [2.45, 2.75) is 19.5 Å². The van der Waals surface area contributed by atoms with Crippen molar-refractivity contribution in [3.63, 3.8) is 0 Å². The first-order chi connectivity index (χ1) is 16.8. The first-order valence-electron chi connectivity index (χ1n) is 11.0. The molecule has 0 amide bonds. The van der Waals surface area contributed by atoms with Crippen LogP contribution in [0.1, 0.15) is 30.2 Å². The number of benzene rings is 2. The number of pyridine rings is 1. The van der Waals surface area contributed by atoms with Gasteiger partial charge in [0.1, 0.15) is 5.65 Å². The summed E-state index contributed by atoms with van der Waals surface area (Å²) in [7, 11) is 1.55. The average Bonchev–Trinajstić information content (AvgIpc) is 2.86. The van der Waals surface area contributed by atoms with Gasteiger partial charge in [0, 0.05) is 11.8 Å². The lowest BCUT2D eigenvalue weighted by Crippen LogP contribution is -2.18. The summed E-state index contributed by atoms with van der Waals surface area (Å²) in [5, 5.41) is 0. The van der Waals surface area contributed by atoms with Crippen LogP contribution in [0.5, 0.6) is 11.5 Å². The van der Waals surface area contributed by atoms with Gasteiger partial charge in [-0.25, -0.2) is 4.98 Å². The molecule has 2 aromatic carbocycles. The highest BCUT2D eigenvalue weighted by atomic mass is 19.4. The molecule has 0 unspecified atom stereocenters. The molecule has 0 atom stereocenters. The summed E-state index contributed by atoms with van der Waals surface area (Å²) in [5.74, 6) is 1.12. The molecule has 4 rings (SSSR count). The monoisotopic (exact) mass is 480 g/mol. The van der Waals surface area contributed by atoms with Crippen LogP contribution in [0, 0.1) is 0 Å². The van der Waals surface area contributed by atoms with Gasteiger partial charge in [-0.3, -0.25) is 9.20 Å². The first-order valence-corrected chi connectivity index (χ1v) is 11.0. The standard InChI is InChI=1S/C27H23F3N2O3/c1-3-17-35-25-19(7-6-8-22(25)34-2)12-15-21-24(18-10-13-20(14-11-18)27(28,29)30)26(33)32-16-5-4-9-23(32)31-21/h4-16H,3,17H2,1-2H3/b15-12+. The number of alkyl halides is 3. The highest BCUT2D eigenvalue weighted by molar-refractivity contribution is 5.81. The molecule has 0 N–H and O–H groups in total. The van der Waals surface area contributed by atoms with Crippen molar-refractivity contribution < 1.29 is 22.6 Å². The van der Waals surface area contributed by atoms with Gasteiger partial charge in [-0.05, 0) is 54.5 Å². The molecule has 35 heavy (non-hydrogen) atoms. The molecule has 0 fully saturated rings. The van der Waals surface area contributed by atoms with Crippen molar-refractivity contribution in [2.75, 3.05) is 13.7 Å². The zero-order chi connectivity index (χ0) is 25.0. The van der Waals surface area contributed by atoms with Crippen LogP contribution in [0.2, 0.25) is 0 Å². The average molecular weight is 480 g/mol. The Kier molecular flexibility index (Phi) is 6.91. The van der Waals surface area contributed by atoms with Gasteiger partial charge in [-0.1, -0.05) is 37.3 Å². The number of ether oxygens (including phenoxy) is 2. The minimum absolute atomic E-state index is 0.192. The number of para-hydroxylation sites is 1. The second-order valence-corrected chi connectivity index (χ2v) is 7.74. The lowest BCUT2D eigenvalue weighted by molar-refractivity contribution is -0.137. The molecule has 2 aromatic heterocycles. The highest BCUT2D eigenvalue weighted by Crippen LogP contribution is 2.34. The van der Waals surface area contributed by atoms with Gasteiger partial charge >= 0.3 is 6.18 Å². The fourth-order valence-corrected chi connectivity index (χ4v) is 3.68. The van der Waals surface area contributed by atoms with Gasteiger partial charge in [0.05, 0.1) is 30.5 Å². The van der Waals surface area contributed by atoms with Gasteiger partial charge in [0.2, 0.25) is 0 Å². The fourth-order valence-electron chi connectivity index (χ4n) is 3.68. The second kappa shape index (κ2) is 10.0. The van der Waals surface area contributed by atoms with E-state index in [1.807, 2.05) is 19.1 Å². The van der Waals surface area contributed by atoms with Gasteiger partial charge in [0.25, 0.3) is 5.56 Å². The van der Waals surface area contributed by atoms with E-state index in [1.165, 1.54) is 16.5 Å². The van der Waals surface area contributed by atoms with Gasteiger partial charge in [-0.2, -0.15) is 13.2 Å². The van der Waals surface area contributed by atoms with E-state index < -0.39 is 11.7 Å². The molecule has 0 aliphatic heterocycles. The molecule has 0 aliphatic rings. The SMILES string of the molecule is CCCOc1c(/C=C/c2nc3ccccn3c(=O)c2-c2ccc(C(F)(F)F)cc2)cccc1OC. The maximum Gasteiger partial charge on any atom is 0.416 e. The molecular formula is C27H23F3N2O3. The van der Waals surface area contributed by atoms with E-state index in [2.05, 4.69) is 4.98 Å². The van der Waals surface area contributed by atoms with Crippen LogP contribution in [-0.2, 0) is 6.18 Å². The van der Waals surface area contributed by atoms with E-state index in [-0.39, 0.29) is 11.1 Å². The van der Waals surface area contributed by atoms with Crippen molar-refractivity contribution in [3.05, 3.63) is 94.0 Å². The minimum atomic E-state index is -4.47. The molecule has 4 aromatic rings. The number of rotatable bonds is 7. The van der Waals surface area contributed by atoms with Gasteiger partial charge in [0.15, 0.2) is 11.5 Å². The van der Waals surface area contributed by atoms with Crippen LogP contribution in [0.3, 0.4) is 0 Å². The number of nitrogens with zero attached hydrogens (tertiary/aromatic N) is 2. The summed E-state index contributed by atoms with van der Waals surface area (Å²) in [6.07, 6.45) is 1.32. The minimum Gasteiger partial charge on any atom is -0.493 e. The quantitative estimate of drug-likeness (QED) is 0.309. The summed E-state index contributed by atoms with van der Waals surface area (Å²) < 4.78 is 51.9. The zero-order valence-corrected chi connectivity index (χ0v) is 19.2. The van der Waals surface area contributed by atoms with E-state index in [0.29, 0.717) is 40.6 Å². The van der Waals surface area contributed by atoms with Crippen molar-refractivity contribution in [1.82, 2.24) is 9.38 Å². The van der Waals surface area contributed by atoms with Crippen LogP contribution in [0.15, 0.2) is 71.7 Å². The van der Waals surface area contributed by atoms with E-state index in [0.717, 1.165) is 18.6 Å². The number of fused-ring (bicyclic) bond motifs is 1. The molecule has 0 radical (unpaired) electrons. The molecule has 0 saturated carbocycles. The molecular weight excluding hydrogens is 457 g/mol. The Morgan fingerprint density at radius 3 is 2.46 bits per heavy atom. The van der Waals surface area contributed by atoms with E-state index in [1.54, 1.807) is 49.7 Å². The van der Waals surface area contributed by atoms with Crippen LogP contribution in [-0.4, -0.2) is 23.1 Å². The Morgan fingerprint density at radius 1 is 1.00 bits per heavy atom. The molecule has 0 spiro atoms. The number of methoxy groups -OCH3 is 1. The maximum absolute atomic E-state index is 13.4. The Balaban J connectivity index is 1.87. The fraction of sp³-hybridized carbons (Fsp3) is 0.185. The summed E-state index contributed by atoms with van der Waals surface area (Å²) in [6, 6.07) is 15.1. The largest absolute Gasteiger partial charge is 0.493 e. The number of hydrogen-bond donors (Lipinski definition) is 0. The molecule has 5 nitrogen and oxygen atoms in total. The van der Waals surface area contributed by atoms with Gasteiger partial charge < -0.3 is 9.47 Å². The smallest absolute Gasteiger partial charge is 0.416 e. The lowest BCUT2D eigenvalue weighted by Gasteiger charge is -2.13. The molecule has 180 valence electrons. The Bertz CT molecular complexity index is 1420. The lowest BCUT2D eigenvalue weighted by atomic mass is 10.0. The molecule has 8 heteroatoms.